The summed E-state index contributed by atoms with van der Waals surface area (Å²) in [6, 6.07) is 5.83. The van der Waals surface area contributed by atoms with E-state index in [0.29, 0.717) is 28.3 Å². The van der Waals surface area contributed by atoms with Gasteiger partial charge >= 0.3 is 0 Å². The van der Waals surface area contributed by atoms with E-state index in [9.17, 15) is 9.59 Å². The van der Waals surface area contributed by atoms with Crippen LogP contribution in [-0.2, 0) is 11.2 Å². The van der Waals surface area contributed by atoms with Crippen molar-refractivity contribution in [3.05, 3.63) is 40.1 Å². The van der Waals surface area contributed by atoms with Gasteiger partial charge in [0.05, 0.1) is 11.1 Å². The van der Waals surface area contributed by atoms with Crippen LogP contribution in [-0.4, -0.2) is 51.2 Å². The van der Waals surface area contributed by atoms with E-state index in [4.69, 9.17) is 4.98 Å². The smallest absolute Gasteiger partial charge is 0.251 e. The molecule has 2 aliphatic rings. The molecule has 2 amide bonds. The molecule has 0 unspecified atom stereocenters. The normalized spacial score (nSPS) is 22.5. The van der Waals surface area contributed by atoms with E-state index in [1.54, 1.807) is 17.9 Å². The van der Waals surface area contributed by atoms with E-state index >= 15 is 0 Å². The minimum atomic E-state index is -0.378. The minimum Gasteiger partial charge on any atom is -0.359 e. The van der Waals surface area contributed by atoms with Crippen LogP contribution in [0.4, 0.5) is 5.95 Å². The number of benzene rings is 1. The average Bonchev–Trinajstić information content (AvgIpc) is 3.33. The summed E-state index contributed by atoms with van der Waals surface area (Å²) in [5, 5.41) is 14.4. The molecular weight excluding hydrogens is 474 g/mol. The van der Waals surface area contributed by atoms with E-state index in [1.165, 1.54) is 0 Å². The van der Waals surface area contributed by atoms with Crippen molar-refractivity contribution < 1.29 is 9.59 Å². The predicted octanol–water partition coefficient (Wildman–Crippen LogP) is 2.58. The maximum absolute atomic E-state index is 12.2. The average molecular weight is 498 g/mol. The third kappa shape index (κ3) is 3.52. The Morgan fingerprint density at radius 2 is 2.22 bits per heavy atom. The molecule has 3 aromatic rings. The van der Waals surface area contributed by atoms with Gasteiger partial charge in [0, 0.05) is 36.8 Å². The van der Waals surface area contributed by atoms with Gasteiger partial charge in [-0.05, 0) is 65.4 Å². The fraction of sp³-hybridized carbons (Fsp3) is 0.409. The lowest BCUT2D eigenvalue weighted by Gasteiger charge is -2.22. The zero-order chi connectivity index (χ0) is 22.5. The van der Waals surface area contributed by atoms with Gasteiger partial charge in [-0.25, -0.2) is 9.67 Å². The summed E-state index contributed by atoms with van der Waals surface area (Å²) in [7, 11) is 1.68. The van der Waals surface area contributed by atoms with E-state index in [0.717, 1.165) is 42.3 Å². The van der Waals surface area contributed by atoms with Crippen molar-refractivity contribution in [3.63, 3.8) is 0 Å². The molecule has 0 bridgehead atoms. The molecule has 1 saturated carbocycles. The number of halogens is 1. The van der Waals surface area contributed by atoms with Crippen molar-refractivity contribution in [2.24, 2.45) is 5.41 Å². The highest BCUT2D eigenvalue weighted by atomic mass is 79.9. The second kappa shape index (κ2) is 7.84. The minimum absolute atomic E-state index is 0.0431. The topological polar surface area (TPSA) is 114 Å². The standard InChI is InChI=1S/C22H24BrN7O2/c1-22(20(32)24-2)7-5-13(10-22)27-21-26-11-16-17(23)29-30(18(16)28-21)14-3-4-15-12(9-14)6-8-25-19(15)31/h3-4,9,11,13H,5-8,10H2,1-2H3,(H,24,32)(H,25,31)(H,26,27,28)/t13-,22-/m1/s1. The van der Waals surface area contributed by atoms with E-state index < -0.39 is 0 Å². The number of carbonyl (C=O) groups is 2. The van der Waals surface area contributed by atoms with Crippen molar-refractivity contribution in [1.82, 2.24) is 30.4 Å². The number of aromatic nitrogens is 4. The zero-order valence-corrected chi connectivity index (χ0v) is 19.5. The number of hydrogen-bond acceptors (Lipinski definition) is 6. The second-order valence-corrected chi connectivity index (χ2v) is 9.46. The Hall–Kier alpha value is -3.01. The van der Waals surface area contributed by atoms with Crippen molar-refractivity contribution in [2.45, 2.75) is 38.6 Å². The van der Waals surface area contributed by atoms with Gasteiger partial charge in [-0.2, -0.15) is 10.1 Å². The number of fused-ring (bicyclic) bond motifs is 2. The second-order valence-electron chi connectivity index (χ2n) is 8.70. The molecule has 10 heteroatoms. The third-order valence-electron chi connectivity index (χ3n) is 6.49. The first-order valence-electron chi connectivity index (χ1n) is 10.7. The Morgan fingerprint density at radius 3 is 3.03 bits per heavy atom. The fourth-order valence-corrected chi connectivity index (χ4v) is 5.16. The highest BCUT2D eigenvalue weighted by Gasteiger charge is 2.41. The maximum atomic E-state index is 12.2. The van der Waals surface area contributed by atoms with Gasteiger partial charge in [0.15, 0.2) is 5.65 Å². The van der Waals surface area contributed by atoms with Gasteiger partial charge in [-0.3, -0.25) is 9.59 Å². The largest absolute Gasteiger partial charge is 0.359 e. The Kier molecular flexibility index (Phi) is 5.11. The van der Waals surface area contributed by atoms with Crippen LogP contribution < -0.4 is 16.0 Å². The van der Waals surface area contributed by atoms with Crippen molar-refractivity contribution in [1.29, 1.82) is 0 Å². The summed E-state index contributed by atoms with van der Waals surface area (Å²) < 4.78 is 2.42. The Bertz CT molecular complexity index is 1240. The molecular formula is C22H24BrN7O2. The number of anilines is 1. The fourth-order valence-electron chi connectivity index (χ4n) is 4.72. The molecule has 0 saturated heterocycles. The number of nitrogens with zero attached hydrogens (tertiary/aromatic N) is 4. The van der Waals surface area contributed by atoms with Crippen LogP contribution in [0.5, 0.6) is 0 Å². The van der Waals surface area contributed by atoms with Crippen molar-refractivity contribution in [2.75, 3.05) is 18.9 Å². The molecule has 5 rings (SSSR count). The molecule has 3 heterocycles. The van der Waals surface area contributed by atoms with Gasteiger partial charge < -0.3 is 16.0 Å². The monoisotopic (exact) mass is 497 g/mol. The van der Waals surface area contributed by atoms with Gasteiger partial charge in [0.25, 0.3) is 5.91 Å². The Labute approximate surface area is 193 Å². The van der Waals surface area contributed by atoms with E-state index in [1.807, 2.05) is 25.1 Å². The Morgan fingerprint density at radius 1 is 1.38 bits per heavy atom. The van der Waals surface area contributed by atoms with Crippen molar-refractivity contribution in [3.8, 4) is 5.69 Å². The number of hydrogen-bond donors (Lipinski definition) is 3. The lowest BCUT2D eigenvalue weighted by Crippen LogP contribution is -2.35. The summed E-state index contributed by atoms with van der Waals surface area (Å²) in [5.41, 5.74) is 2.83. The van der Waals surface area contributed by atoms with Crippen LogP contribution >= 0.6 is 15.9 Å². The molecule has 32 heavy (non-hydrogen) atoms. The summed E-state index contributed by atoms with van der Waals surface area (Å²) >= 11 is 3.51. The van der Waals surface area contributed by atoms with Gasteiger partial charge in [-0.15, -0.1) is 0 Å². The molecule has 9 nitrogen and oxygen atoms in total. The molecule has 0 spiro atoms. The molecule has 2 aromatic heterocycles. The first-order chi connectivity index (χ1) is 15.4. The zero-order valence-electron chi connectivity index (χ0n) is 17.9. The lowest BCUT2D eigenvalue weighted by molar-refractivity contribution is -0.129. The predicted molar refractivity (Wildman–Crippen MR) is 124 cm³/mol. The molecule has 2 atom stereocenters. The van der Waals surface area contributed by atoms with Gasteiger partial charge in [-0.1, -0.05) is 6.92 Å². The van der Waals surface area contributed by atoms with Crippen molar-refractivity contribution >= 4 is 44.7 Å². The molecule has 1 aliphatic carbocycles. The Balaban J connectivity index is 1.46. The van der Waals surface area contributed by atoms with Crippen LogP contribution in [0, 0.1) is 5.41 Å². The first-order valence-corrected chi connectivity index (χ1v) is 11.5. The highest BCUT2D eigenvalue weighted by Crippen LogP contribution is 2.39. The number of rotatable bonds is 4. The molecule has 1 aliphatic heterocycles. The SMILES string of the molecule is CNC(=O)[C@]1(C)CC[C@@H](Nc2ncc3c(Br)nn(-c4ccc5c(c4)CCNC5=O)c3n2)C1. The number of nitrogens with one attached hydrogen (secondary N) is 3. The number of amides is 2. The summed E-state index contributed by atoms with van der Waals surface area (Å²) in [6.45, 7) is 2.63. The summed E-state index contributed by atoms with van der Waals surface area (Å²) in [5.74, 6) is 0.536. The van der Waals surface area contributed by atoms with Gasteiger partial charge in [0.2, 0.25) is 11.9 Å². The van der Waals surface area contributed by atoms with Crippen LogP contribution in [0.15, 0.2) is 29.0 Å². The lowest BCUT2D eigenvalue weighted by atomic mass is 9.87. The number of carbonyl (C=O) groups excluding carboxylic acids is 2. The van der Waals surface area contributed by atoms with Gasteiger partial charge in [0.1, 0.15) is 4.60 Å². The van der Waals surface area contributed by atoms with Crippen LogP contribution in [0.3, 0.4) is 0 Å². The third-order valence-corrected chi connectivity index (χ3v) is 7.07. The van der Waals surface area contributed by atoms with Crippen LogP contribution in [0.2, 0.25) is 0 Å². The van der Waals surface area contributed by atoms with Crippen LogP contribution in [0.1, 0.15) is 42.1 Å². The van der Waals surface area contributed by atoms with E-state index in [2.05, 4.69) is 42.0 Å². The highest BCUT2D eigenvalue weighted by molar-refractivity contribution is 9.10. The molecule has 1 aromatic carbocycles. The first kappa shape index (κ1) is 20.9. The molecule has 1 fully saturated rings. The molecule has 3 N–H and O–H groups in total. The van der Waals surface area contributed by atoms with Crippen LogP contribution in [0.25, 0.3) is 16.7 Å². The molecule has 0 radical (unpaired) electrons. The maximum Gasteiger partial charge on any atom is 0.251 e. The molecule has 166 valence electrons. The van der Waals surface area contributed by atoms with E-state index in [-0.39, 0.29) is 23.3 Å². The summed E-state index contributed by atoms with van der Waals surface area (Å²) in [4.78, 5) is 33.5. The quantitative estimate of drug-likeness (QED) is 0.510. The summed E-state index contributed by atoms with van der Waals surface area (Å²) in [6.07, 6.45) is 4.95.